The second-order valence-corrected chi connectivity index (χ2v) is 6.46. The molecule has 0 aromatic rings. The van der Waals surface area contributed by atoms with Crippen LogP contribution in [-0.2, 0) is 19.1 Å². The Morgan fingerprint density at radius 3 is 1.50 bits per heavy atom. The highest BCUT2D eigenvalue weighted by Crippen LogP contribution is 2.21. The molecule has 2 aliphatic heterocycles. The number of ether oxygens (including phenoxy) is 2. The van der Waals surface area contributed by atoms with Gasteiger partial charge in [0.05, 0.1) is 11.8 Å². The number of carbonyl (C=O) groups excluding carboxylic acids is 2. The topological polar surface area (TPSA) is 52.6 Å². The Labute approximate surface area is 129 Å². The van der Waals surface area contributed by atoms with E-state index in [1.54, 1.807) is 0 Å². The van der Waals surface area contributed by atoms with Gasteiger partial charge < -0.3 is 9.47 Å². The maximum Gasteiger partial charge on any atom is 0.312 e. The Balaban J connectivity index is 1.52. The number of thiocarbonyl (C=S) groups is 2. The van der Waals surface area contributed by atoms with Gasteiger partial charge in [-0.15, -0.1) is 0 Å². The summed E-state index contributed by atoms with van der Waals surface area (Å²) in [6.45, 7) is 1.08. The van der Waals surface area contributed by atoms with Crippen molar-refractivity contribution in [2.75, 3.05) is 13.2 Å². The van der Waals surface area contributed by atoms with E-state index in [2.05, 4.69) is 0 Å². The van der Waals surface area contributed by atoms with Gasteiger partial charge in [-0.3, -0.25) is 9.59 Å². The highest BCUT2D eigenvalue weighted by Gasteiger charge is 2.31. The van der Waals surface area contributed by atoms with E-state index in [1.807, 2.05) is 0 Å². The fourth-order valence-electron chi connectivity index (χ4n) is 2.14. The van der Waals surface area contributed by atoms with Gasteiger partial charge in [-0.1, -0.05) is 24.4 Å². The summed E-state index contributed by atoms with van der Waals surface area (Å²) < 4.78 is 9.42. The Hall–Kier alpha value is -0.880. The van der Waals surface area contributed by atoms with Crippen LogP contribution >= 0.6 is 24.4 Å². The number of hydrogen-bond donors (Lipinski definition) is 0. The molecule has 6 heteroatoms. The summed E-state index contributed by atoms with van der Waals surface area (Å²) in [5.41, 5.74) is 0. The molecular formula is C14H18O4S2. The normalized spacial score (nSPS) is 24.2. The van der Waals surface area contributed by atoms with Gasteiger partial charge in [-0.2, -0.15) is 0 Å². The highest BCUT2D eigenvalue weighted by molar-refractivity contribution is 7.80. The van der Waals surface area contributed by atoms with E-state index in [4.69, 9.17) is 33.9 Å². The van der Waals surface area contributed by atoms with E-state index >= 15 is 0 Å². The average molecular weight is 314 g/mol. The zero-order valence-corrected chi connectivity index (χ0v) is 12.9. The second kappa shape index (κ2) is 7.22. The molecule has 0 aliphatic carbocycles. The average Bonchev–Trinajstić information content (AvgIpc) is 2.42. The van der Waals surface area contributed by atoms with Crippen LogP contribution < -0.4 is 0 Å². The van der Waals surface area contributed by atoms with Gasteiger partial charge in [-0.05, 0) is 48.3 Å². The van der Waals surface area contributed by atoms with Crippen molar-refractivity contribution >= 4 is 46.1 Å². The first-order valence-electron chi connectivity index (χ1n) is 6.93. The molecule has 0 aromatic carbocycles. The molecule has 20 heavy (non-hydrogen) atoms. The lowest BCUT2D eigenvalue weighted by Gasteiger charge is -2.24. The van der Waals surface area contributed by atoms with Crippen LogP contribution in [0, 0.1) is 11.8 Å². The lowest BCUT2D eigenvalue weighted by molar-refractivity contribution is -0.169. The molecule has 0 bridgehead atoms. The maximum absolute atomic E-state index is 11.0. The maximum atomic E-state index is 11.0. The first-order valence-corrected chi connectivity index (χ1v) is 7.74. The molecule has 0 amide bonds. The molecule has 2 aliphatic rings. The van der Waals surface area contributed by atoms with Crippen molar-refractivity contribution in [1.29, 1.82) is 0 Å². The van der Waals surface area contributed by atoms with Crippen LogP contribution in [0.2, 0.25) is 0 Å². The standard InChI is InChI=1S/C14H18O4S2/c15-13-9(7-17-13)1-3-11(19)5-6-12(20)4-2-10-8-18-14(10)16/h9-10H,1-8H2. The first kappa shape index (κ1) is 15.5. The molecule has 0 radical (unpaired) electrons. The predicted molar refractivity (Wildman–Crippen MR) is 81.8 cm³/mol. The van der Waals surface area contributed by atoms with E-state index in [0.29, 0.717) is 13.2 Å². The van der Waals surface area contributed by atoms with Gasteiger partial charge in [0.2, 0.25) is 0 Å². The smallest absolute Gasteiger partial charge is 0.312 e. The Kier molecular flexibility index (Phi) is 5.60. The fraction of sp³-hybridized carbons (Fsp3) is 0.714. The van der Waals surface area contributed by atoms with Crippen LogP contribution in [0.4, 0.5) is 0 Å². The van der Waals surface area contributed by atoms with Crippen LogP contribution in [-0.4, -0.2) is 34.9 Å². The molecule has 2 fully saturated rings. The minimum Gasteiger partial charge on any atom is -0.464 e. The van der Waals surface area contributed by atoms with Gasteiger partial charge in [0.1, 0.15) is 13.2 Å². The van der Waals surface area contributed by atoms with Crippen molar-refractivity contribution in [3.8, 4) is 0 Å². The molecular weight excluding hydrogens is 296 g/mol. The third kappa shape index (κ3) is 4.31. The fourth-order valence-corrected chi connectivity index (χ4v) is 2.58. The van der Waals surface area contributed by atoms with Crippen LogP contribution in [0.3, 0.4) is 0 Å². The number of rotatable bonds is 9. The first-order chi connectivity index (χ1) is 9.56. The summed E-state index contributed by atoms with van der Waals surface area (Å²) in [5, 5.41) is 0. The summed E-state index contributed by atoms with van der Waals surface area (Å²) in [5.74, 6) is -0.111. The van der Waals surface area contributed by atoms with Crippen molar-refractivity contribution < 1.29 is 19.1 Å². The number of hydrogen-bond acceptors (Lipinski definition) is 6. The quantitative estimate of drug-likeness (QED) is 0.481. The van der Waals surface area contributed by atoms with Crippen molar-refractivity contribution in [2.24, 2.45) is 11.8 Å². The summed E-state index contributed by atoms with van der Waals surface area (Å²) in [6.07, 6.45) is 4.74. The molecule has 2 unspecified atom stereocenters. The van der Waals surface area contributed by atoms with Crippen molar-refractivity contribution in [2.45, 2.75) is 38.5 Å². The van der Waals surface area contributed by atoms with Crippen molar-refractivity contribution in [1.82, 2.24) is 0 Å². The lowest BCUT2D eigenvalue weighted by atomic mass is 9.96. The van der Waals surface area contributed by atoms with Crippen LogP contribution in [0.25, 0.3) is 0 Å². The molecule has 2 heterocycles. The molecule has 0 saturated carbocycles. The van der Waals surface area contributed by atoms with Crippen LogP contribution in [0.1, 0.15) is 38.5 Å². The van der Waals surface area contributed by atoms with E-state index in [-0.39, 0.29) is 23.8 Å². The third-order valence-corrected chi connectivity index (χ3v) is 4.56. The second-order valence-electron chi connectivity index (χ2n) is 5.31. The predicted octanol–water partition coefficient (Wildman–Crippen LogP) is 2.41. The van der Waals surface area contributed by atoms with E-state index in [0.717, 1.165) is 48.3 Å². The highest BCUT2D eigenvalue weighted by atomic mass is 32.1. The summed E-state index contributed by atoms with van der Waals surface area (Å²) in [4.78, 5) is 23.9. The summed E-state index contributed by atoms with van der Waals surface area (Å²) >= 11 is 10.6. The van der Waals surface area contributed by atoms with E-state index in [1.165, 1.54) is 0 Å². The van der Waals surface area contributed by atoms with Gasteiger partial charge in [-0.25, -0.2) is 0 Å². The lowest BCUT2D eigenvalue weighted by Crippen LogP contribution is -2.34. The van der Waals surface area contributed by atoms with Crippen molar-refractivity contribution in [3.05, 3.63) is 0 Å². The minimum absolute atomic E-state index is 0.0459. The molecule has 2 saturated heterocycles. The molecule has 110 valence electrons. The van der Waals surface area contributed by atoms with Gasteiger partial charge in [0, 0.05) is 0 Å². The SMILES string of the molecule is O=C1OCC1CCC(=S)CCC(=S)CCC1COC1=O. The van der Waals surface area contributed by atoms with Crippen molar-refractivity contribution in [3.63, 3.8) is 0 Å². The Bertz CT molecular complexity index is 393. The van der Waals surface area contributed by atoms with Gasteiger partial charge in [0.15, 0.2) is 0 Å². The Morgan fingerprint density at radius 2 is 1.25 bits per heavy atom. The van der Waals surface area contributed by atoms with Gasteiger partial charge >= 0.3 is 11.9 Å². The molecule has 0 N–H and O–H groups in total. The third-order valence-electron chi connectivity index (χ3n) is 3.75. The minimum atomic E-state index is -0.101. The monoisotopic (exact) mass is 314 g/mol. The van der Waals surface area contributed by atoms with E-state index < -0.39 is 0 Å². The summed E-state index contributed by atoms with van der Waals surface area (Å²) in [6, 6.07) is 0. The Morgan fingerprint density at radius 1 is 0.850 bits per heavy atom. The van der Waals surface area contributed by atoms with E-state index in [9.17, 15) is 9.59 Å². The number of esters is 2. The molecule has 0 aromatic heterocycles. The van der Waals surface area contributed by atoms with Crippen LogP contribution in [0.15, 0.2) is 0 Å². The molecule has 4 nitrogen and oxygen atoms in total. The number of carbonyl (C=O) groups is 2. The zero-order valence-electron chi connectivity index (χ0n) is 11.3. The largest absolute Gasteiger partial charge is 0.464 e. The zero-order chi connectivity index (χ0) is 14.5. The summed E-state index contributed by atoms with van der Waals surface area (Å²) in [7, 11) is 0. The van der Waals surface area contributed by atoms with Gasteiger partial charge in [0.25, 0.3) is 0 Å². The number of cyclic esters (lactones) is 2. The molecule has 0 spiro atoms. The van der Waals surface area contributed by atoms with Crippen LogP contribution in [0.5, 0.6) is 0 Å². The molecule has 2 rings (SSSR count). The molecule has 2 atom stereocenters.